The highest BCUT2D eigenvalue weighted by molar-refractivity contribution is 5.99. The van der Waals surface area contributed by atoms with E-state index in [0.29, 0.717) is 18.4 Å². The maximum atomic E-state index is 12.6. The smallest absolute Gasteiger partial charge is 0.167 e. The van der Waals surface area contributed by atoms with Crippen molar-refractivity contribution in [2.75, 3.05) is 6.61 Å². The standard InChI is InChI=1S/C16H21NO2/c1-2-19-13-7-5-10(6-8-13)16(18)14-11-3-4-12(9-11)15(14)17/h5-8,11-12,14-15H,2-4,9,17H2,1H3. The molecular formula is C16H21NO2. The van der Waals surface area contributed by atoms with Gasteiger partial charge in [-0.2, -0.15) is 0 Å². The predicted molar refractivity (Wildman–Crippen MR) is 74.2 cm³/mol. The first-order valence-corrected chi connectivity index (χ1v) is 7.23. The molecule has 0 saturated heterocycles. The summed E-state index contributed by atoms with van der Waals surface area (Å²) in [5.41, 5.74) is 7.01. The van der Waals surface area contributed by atoms with E-state index in [1.54, 1.807) is 0 Å². The second-order valence-electron chi connectivity index (χ2n) is 5.76. The van der Waals surface area contributed by atoms with Crippen LogP contribution in [-0.4, -0.2) is 18.4 Å². The molecule has 2 aliphatic rings. The normalized spacial score (nSPS) is 32.5. The average molecular weight is 259 g/mol. The number of nitrogens with two attached hydrogens (primary N) is 1. The molecule has 1 aromatic carbocycles. The summed E-state index contributed by atoms with van der Waals surface area (Å²) in [7, 11) is 0. The van der Waals surface area contributed by atoms with Gasteiger partial charge >= 0.3 is 0 Å². The number of carbonyl (C=O) groups excluding carboxylic acids is 1. The van der Waals surface area contributed by atoms with Crippen molar-refractivity contribution in [2.24, 2.45) is 23.5 Å². The summed E-state index contributed by atoms with van der Waals surface area (Å²) in [6.45, 7) is 2.60. The van der Waals surface area contributed by atoms with Crippen LogP contribution in [0.1, 0.15) is 36.5 Å². The molecule has 2 aliphatic carbocycles. The molecular weight excluding hydrogens is 238 g/mol. The third-order valence-corrected chi connectivity index (χ3v) is 4.73. The van der Waals surface area contributed by atoms with Gasteiger partial charge in [0.25, 0.3) is 0 Å². The van der Waals surface area contributed by atoms with Crippen LogP contribution in [0, 0.1) is 17.8 Å². The Hall–Kier alpha value is -1.35. The third-order valence-electron chi connectivity index (χ3n) is 4.73. The van der Waals surface area contributed by atoms with Gasteiger partial charge in [-0.1, -0.05) is 0 Å². The minimum atomic E-state index is 0.0386. The molecule has 19 heavy (non-hydrogen) atoms. The minimum Gasteiger partial charge on any atom is -0.494 e. The molecule has 2 bridgehead atoms. The van der Waals surface area contributed by atoms with Crippen LogP contribution in [0.15, 0.2) is 24.3 Å². The summed E-state index contributed by atoms with van der Waals surface area (Å²) in [5, 5.41) is 0. The van der Waals surface area contributed by atoms with Gasteiger partial charge in [-0.05, 0) is 62.3 Å². The lowest BCUT2D eigenvalue weighted by Gasteiger charge is -2.26. The van der Waals surface area contributed by atoms with Gasteiger partial charge in [0, 0.05) is 17.5 Å². The number of rotatable bonds is 4. The minimum absolute atomic E-state index is 0.0386. The van der Waals surface area contributed by atoms with Crippen molar-refractivity contribution in [1.29, 1.82) is 0 Å². The van der Waals surface area contributed by atoms with E-state index in [2.05, 4.69) is 0 Å². The first-order valence-electron chi connectivity index (χ1n) is 7.23. The number of benzene rings is 1. The van der Waals surface area contributed by atoms with E-state index in [4.69, 9.17) is 10.5 Å². The highest BCUT2D eigenvalue weighted by Gasteiger charge is 2.48. The third kappa shape index (κ3) is 2.16. The van der Waals surface area contributed by atoms with E-state index in [1.807, 2.05) is 31.2 Å². The van der Waals surface area contributed by atoms with Crippen molar-refractivity contribution in [3.05, 3.63) is 29.8 Å². The molecule has 3 nitrogen and oxygen atoms in total. The molecule has 0 radical (unpaired) electrons. The number of fused-ring (bicyclic) bond motifs is 2. The molecule has 2 N–H and O–H groups in total. The van der Waals surface area contributed by atoms with E-state index in [1.165, 1.54) is 12.8 Å². The van der Waals surface area contributed by atoms with Crippen LogP contribution in [0.4, 0.5) is 0 Å². The maximum Gasteiger partial charge on any atom is 0.167 e. The van der Waals surface area contributed by atoms with Crippen molar-refractivity contribution in [3.8, 4) is 5.75 Å². The first-order chi connectivity index (χ1) is 9.20. The van der Waals surface area contributed by atoms with Gasteiger partial charge in [-0.25, -0.2) is 0 Å². The molecule has 3 heteroatoms. The number of hydrogen-bond acceptors (Lipinski definition) is 3. The lowest BCUT2D eigenvalue weighted by molar-refractivity contribution is 0.0856. The molecule has 1 aromatic rings. The number of ether oxygens (including phenoxy) is 1. The topological polar surface area (TPSA) is 52.3 Å². The molecule has 2 saturated carbocycles. The molecule has 0 heterocycles. The first kappa shape index (κ1) is 12.7. The Morgan fingerprint density at radius 1 is 1.26 bits per heavy atom. The van der Waals surface area contributed by atoms with Crippen LogP contribution < -0.4 is 10.5 Å². The SMILES string of the molecule is CCOc1ccc(C(=O)C2C3CCC(C3)C2N)cc1. The number of ketones is 1. The summed E-state index contributed by atoms with van der Waals surface area (Å²) in [4.78, 5) is 12.6. The van der Waals surface area contributed by atoms with Gasteiger partial charge in [0.15, 0.2) is 5.78 Å². The summed E-state index contributed by atoms with van der Waals surface area (Å²) in [5.74, 6) is 2.16. The summed E-state index contributed by atoms with van der Waals surface area (Å²) < 4.78 is 5.40. The Balaban J connectivity index is 1.76. The van der Waals surface area contributed by atoms with Crippen molar-refractivity contribution in [3.63, 3.8) is 0 Å². The molecule has 4 unspecified atom stereocenters. The van der Waals surface area contributed by atoms with Crippen molar-refractivity contribution < 1.29 is 9.53 Å². The van der Waals surface area contributed by atoms with Crippen molar-refractivity contribution in [2.45, 2.75) is 32.2 Å². The van der Waals surface area contributed by atoms with E-state index >= 15 is 0 Å². The fraction of sp³-hybridized carbons (Fsp3) is 0.562. The highest BCUT2D eigenvalue weighted by Crippen LogP contribution is 2.48. The molecule has 3 rings (SSSR count). The van der Waals surface area contributed by atoms with Gasteiger partial charge in [0.2, 0.25) is 0 Å². The molecule has 0 aromatic heterocycles. The van der Waals surface area contributed by atoms with Crippen LogP contribution in [-0.2, 0) is 0 Å². The van der Waals surface area contributed by atoms with E-state index in [-0.39, 0.29) is 17.7 Å². The monoisotopic (exact) mass is 259 g/mol. The quantitative estimate of drug-likeness (QED) is 0.846. The van der Waals surface area contributed by atoms with Crippen LogP contribution in [0.5, 0.6) is 5.75 Å². The van der Waals surface area contributed by atoms with E-state index in [0.717, 1.165) is 17.7 Å². The summed E-state index contributed by atoms with van der Waals surface area (Å²) in [6, 6.07) is 7.54. The van der Waals surface area contributed by atoms with Crippen LogP contribution in [0.2, 0.25) is 0 Å². The van der Waals surface area contributed by atoms with Gasteiger partial charge in [-0.3, -0.25) is 4.79 Å². The number of carbonyl (C=O) groups is 1. The second-order valence-corrected chi connectivity index (χ2v) is 5.76. The molecule has 2 fully saturated rings. The molecule has 102 valence electrons. The zero-order valence-corrected chi connectivity index (χ0v) is 11.3. The second kappa shape index (κ2) is 4.97. The fourth-order valence-electron chi connectivity index (χ4n) is 3.80. The lowest BCUT2D eigenvalue weighted by atomic mass is 9.80. The summed E-state index contributed by atoms with van der Waals surface area (Å²) in [6.07, 6.45) is 3.53. The molecule has 0 aliphatic heterocycles. The van der Waals surface area contributed by atoms with Crippen LogP contribution in [0.25, 0.3) is 0 Å². The average Bonchev–Trinajstić information content (AvgIpc) is 3.00. The summed E-state index contributed by atoms with van der Waals surface area (Å²) >= 11 is 0. The largest absolute Gasteiger partial charge is 0.494 e. The zero-order chi connectivity index (χ0) is 13.4. The van der Waals surface area contributed by atoms with Gasteiger partial charge < -0.3 is 10.5 Å². The lowest BCUT2D eigenvalue weighted by Crippen LogP contribution is -2.40. The van der Waals surface area contributed by atoms with Gasteiger partial charge in [0.1, 0.15) is 5.75 Å². The maximum absolute atomic E-state index is 12.6. The van der Waals surface area contributed by atoms with Crippen molar-refractivity contribution in [1.82, 2.24) is 0 Å². The predicted octanol–water partition coefficient (Wildman–Crippen LogP) is 2.64. The van der Waals surface area contributed by atoms with E-state index in [9.17, 15) is 4.79 Å². The molecule has 0 spiro atoms. The number of Topliss-reactive ketones (excluding diaryl/α,β-unsaturated/α-hetero) is 1. The van der Waals surface area contributed by atoms with Crippen LogP contribution >= 0.6 is 0 Å². The Morgan fingerprint density at radius 3 is 2.53 bits per heavy atom. The zero-order valence-electron chi connectivity index (χ0n) is 11.3. The Labute approximate surface area is 114 Å². The van der Waals surface area contributed by atoms with Gasteiger partial charge in [0.05, 0.1) is 6.61 Å². The number of hydrogen-bond donors (Lipinski definition) is 1. The van der Waals surface area contributed by atoms with Crippen molar-refractivity contribution >= 4 is 5.78 Å². The Bertz CT molecular complexity index is 466. The fourth-order valence-corrected chi connectivity index (χ4v) is 3.80. The van der Waals surface area contributed by atoms with Crippen LogP contribution in [0.3, 0.4) is 0 Å². The van der Waals surface area contributed by atoms with E-state index < -0.39 is 0 Å². The molecule has 0 amide bonds. The molecule has 4 atom stereocenters. The Kier molecular flexibility index (Phi) is 3.31. The van der Waals surface area contributed by atoms with Gasteiger partial charge in [-0.15, -0.1) is 0 Å². The highest BCUT2D eigenvalue weighted by atomic mass is 16.5. The Morgan fingerprint density at radius 2 is 1.95 bits per heavy atom.